The van der Waals surface area contributed by atoms with Crippen molar-refractivity contribution in [1.82, 2.24) is 4.72 Å². The predicted molar refractivity (Wildman–Crippen MR) is 79.8 cm³/mol. The molecule has 0 unspecified atom stereocenters. The van der Waals surface area contributed by atoms with Crippen LogP contribution in [-0.2, 0) is 21.4 Å². The smallest absolute Gasteiger partial charge is 0.244 e. The summed E-state index contributed by atoms with van der Waals surface area (Å²) in [4.78, 5) is 0.0825. The van der Waals surface area contributed by atoms with Gasteiger partial charge in [0.2, 0.25) is 10.0 Å². The molecule has 0 bridgehead atoms. The second-order valence-electron chi connectivity index (χ2n) is 4.59. The number of aliphatic hydroxyl groups is 1. The quantitative estimate of drug-likeness (QED) is 0.635. The molecule has 0 saturated carbocycles. The Morgan fingerprint density at radius 3 is 2.57 bits per heavy atom. The van der Waals surface area contributed by atoms with Crippen molar-refractivity contribution < 1.29 is 23.0 Å². The average molecular weight is 317 g/mol. The molecule has 7 heteroatoms. The van der Waals surface area contributed by atoms with Crippen LogP contribution in [0.2, 0.25) is 0 Å². The molecule has 2 N–H and O–H groups in total. The number of hydrogen-bond donors (Lipinski definition) is 2. The minimum Gasteiger partial charge on any atom is -0.495 e. The van der Waals surface area contributed by atoms with Gasteiger partial charge >= 0.3 is 0 Å². The van der Waals surface area contributed by atoms with E-state index >= 15 is 0 Å². The lowest BCUT2D eigenvalue weighted by Gasteiger charge is -2.11. The van der Waals surface area contributed by atoms with Crippen LogP contribution in [-0.4, -0.2) is 40.9 Å². The van der Waals surface area contributed by atoms with Gasteiger partial charge in [-0.3, -0.25) is 0 Å². The SMILES string of the molecule is COCCCCCNS(=O)(=O)c1ccc(CO)cc1OC. The first-order chi connectivity index (χ1) is 10.0. The fourth-order valence-corrected chi connectivity index (χ4v) is 3.09. The van der Waals surface area contributed by atoms with Crippen molar-refractivity contribution in [3.8, 4) is 5.75 Å². The summed E-state index contributed by atoms with van der Waals surface area (Å²) in [6, 6.07) is 4.53. The van der Waals surface area contributed by atoms with Crippen LogP contribution >= 0.6 is 0 Å². The van der Waals surface area contributed by atoms with E-state index in [1.165, 1.54) is 19.2 Å². The van der Waals surface area contributed by atoms with E-state index in [4.69, 9.17) is 14.6 Å². The number of unbranched alkanes of at least 4 members (excludes halogenated alkanes) is 2. The Bertz CT molecular complexity index is 530. The lowest BCUT2D eigenvalue weighted by atomic mass is 10.2. The van der Waals surface area contributed by atoms with Gasteiger partial charge in [0.15, 0.2) is 0 Å². The van der Waals surface area contributed by atoms with Crippen molar-refractivity contribution in [1.29, 1.82) is 0 Å². The highest BCUT2D eigenvalue weighted by Crippen LogP contribution is 2.24. The highest BCUT2D eigenvalue weighted by atomic mass is 32.2. The Balaban J connectivity index is 2.65. The first-order valence-corrected chi connectivity index (χ1v) is 8.30. The molecule has 0 amide bonds. The van der Waals surface area contributed by atoms with E-state index in [-0.39, 0.29) is 17.3 Å². The molecule has 0 aliphatic carbocycles. The van der Waals surface area contributed by atoms with Crippen LogP contribution in [0.25, 0.3) is 0 Å². The van der Waals surface area contributed by atoms with Gasteiger partial charge in [-0.1, -0.05) is 6.07 Å². The molecule has 0 fully saturated rings. The molecule has 0 radical (unpaired) electrons. The lowest BCUT2D eigenvalue weighted by Crippen LogP contribution is -2.25. The Hall–Kier alpha value is -1.15. The number of ether oxygens (including phenoxy) is 2. The Morgan fingerprint density at radius 2 is 1.95 bits per heavy atom. The number of nitrogens with one attached hydrogen (secondary N) is 1. The van der Waals surface area contributed by atoms with Gasteiger partial charge in [-0.05, 0) is 37.0 Å². The van der Waals surface area contributed by atoms with Crippen molar-refractivity contribution in [2.24, 2.45) is 0 Å². The van der Waals surface area contributed by atoms with Crippen molar-refractivity contribution >= 4 is 10.0 Å². The number of rotatable bonds is 10. The van der Waals surface area contributed by atoms with Crippen LogP contribution in [0.1, 0.15) is 24.8 Å². The molecule has 6 nitrogen and oxygen atoms in total. The summed E-state index contributed by atoms with van der Waals surface area (Å²) in [6.07, 6.45) is 2.56. The second-order valence-corrected chi connectivity index (χ2v) is 6.33. The summed E-state index contributed by atoms with van der Waals surface area (Å²) in [5.74, 6) is 0.230. The molecule has 120 valence electrons. The van der Waals surface area contributed by atoms with Crippen LogP contribution < -0.4 is 9.46 Å². The highest BCUT2D eigenvalue weighted by Gasteiger charge is 2.19. The molecular weight excluding hydrogens is 294 g/mol. The van der Waals surface area contributed by atoms with Gasteiger partial charge in [0, 0.05) is 20.3 Å². The van der Waals surface area contributed by atoms with Crippen LogP contribution in [0.15, 0.2) is 23.1 Å². The summed E-state index contributed by atoms with van der Waals surface area (Å²) in [6.45, 7) is 0.893. The number of methoxy groups -OCH3 is 2. The van der Waals surface area contributed by atoms with Gasteiger partial charge in [-0.25, -0.2) is 13.1 Å². The minimum absolute atomic E-state index is 0.0825. The van der Waals surface area contributed by atoms with E-state index < -0.39 is 10.0 Å². The second kappa shape index (κ2) is 8.99. The fraction of sp³-hybridized carbons (Fsp3) is 0.571. The van der Waals surface area contributed by atoms with Gasteiger partial charge in [0.25, 0.3) is 0 Å². The Kier molecular flexibility index (Phi) is 7.66. The van der Waals surface area contributed by atoms with E-state index in [9.17, 15) is 8.42 Å². The lowest BCUT2D eigenvalue weighted by molar-refractivity contribution is 0.192. The Labute approximate surface area is 126 Å². The molecule has 0 saturated heterocycles. The summed E-state index contributed by atoms with van der Waals surface area (Å²) in [5.41, 5.74) is 0.602. The van der Waals surface area contributed by atoms with Crippen molar-refractivity contribution in [3.63, 3.8) is 0 Å². The number of hydrogen-bond acceptors (Lipinski definition) is 5. The molecule has 1 rings (SSSR count). The van der Waals surface area contributed by atoms with Crippen molar-refractivity contribution in [2.75, 3.05) is 27.4 Å². The highest BCUT2D eigenvalue weighted by molar-refractivity contribution is 7.89. The average Bonchev–Trinajstić information content (AvgIpc) is 2.50. The van der Waals surface area contributed by atoms with E-state index in [1.807, 2.05) is 0 Å². The third-order valence-corrected chi connectivity index (χ3v) is 4.52. The van der Waals surface area contributed by atoms with Gasteiger partial charge in [-0.2, -0.15) is 0 Å². The zero-order valence-corrected chi connectivity index (χ0v) is 13.3. The number of benzene rings is 1. The molecule has 0 spiro atoms. The maximum atomic E-state index is 12.2. The molecule has 1 aromatic carbocycles. The first kappa shape index (κ1) is 17.9. The molecular formula is C14H23NO5S. The summed E-state index contributed by atoms with van der Waals surface area (Å²) >= 11 is 0. The minimum atomic E-state index is -3.61. The molecule has 0 atom stereocenters. The maximum absolute atomic E-state index is 12.2. The molecule has 0 aliphatic heterocycles. The number of sulfonamides is 1. The molecule has 0 aromatic heterocycles. The molecule has 0 aliphatic rings. The van der Waals surface area contributed by atoms with Crippen LogP contribution in [0.5, 0.6) is 5.75 Å². The number of aliphatic hydroxyl groups excluding tert-OH is 1. The fourth-order valence-electron chi connectivity index (χ4n) is 1.86. The molecule has 0 heterocycles. The monoisotopic (exact) mass is 317 g/mol. The van der Waals surface area contributed by atoms with Crippen LogP contribution in [0.4, 0.5) is 0 Å². The van der Waals surface area contributed by atoms with Gasteiger partial charge in [0.1, 0.15) is 10.6 Å². The van der Waals surface area contributed by atoms with Gasteiger partial charge in [-0.15, -0.1) is 0 Å². The standard InChI is InChI=1S/C14H23NO5S/c1-19-9-5-3-4-8-15-21(17,18)14-7-6-12(11-16)10-13(14)20-2/h6-7,10,15-16H,3-5,8-9,11H2,1-2H3. The third-order valence-electron chi connectivity index (χ3n) is 3.02. The normalized spacial score (nSPS) is 11.6. The van der Waals surface area contributed by atoms with Crippen LogP contribution in [0, 0.1) is 0 Å². The topological polar surface area (TPSA) is 84.9 Å². The first-order valence-electron chi connectivity index (χ1n) is 6.81. The van der Waals surface area contributed by atoms with Gasteiger partial charge in [0.05, 0.1) is 13.7 Å². The summed E-state index contributed by atoms with van der Waals surface area (Å²) in [7, 11) is -0.562. The van der Waals surface area contributed by atoms with E-state index in [2.05, 4.69) is 4.72 Å². The van der Waals surface area contributed by atoms with Crippen molar-refractivity contribution in [3.05, 3.63) is 23.8 Å². The summed E-state index contributed by atoms with van der Waals surface area (Å²) < 4.78 is 37.0. The third kappa shape index (κ3) is 5.62. The van der Waals surface area contributed by atoms with E-state index in [0.717, 1.165) is 19.3 Å². The molecule has 21 heavy (non-hydrogen) atoms. The zero-order chi connectivity index (χ0) is 15.7. The van der Waals surface area contributed by atoms with Crippen molar-refractivity contribution in [2.45, 2.75) is 30.8 Å². The largest absolute Gasteiger partial charge is 0.495 e. The molecule has 1 aromatic rings. The van der Waals surface area contributed by atoms with E-state index in [1.54, 1.807) is 13.2 Å². The maximum Gasteiger partial charge on any atom is 0.244 e. The zero-order valence-electron chi connectivity index (χ0n) is 12.5. The van der Waals surface area contributed by atoms with Gasteiger partial charge < -0.3 is 14.6 Å². The summed E-state index contributed by atoms with van der Waals surface area (Å²) in [5, 5.41) is 9.06. The van der Waals surface area contributed by atoms with Crippen LogP contribution in [0.3, 0.4) is 0 Å². The van der Waals surface area contributed by atoms with E-state index in [0.29, 0.717) is 18.7 Å². The Morgan fingerprint density at radius 1 is 1.19 bits per heavy atom. The predicted octanol–water partition coefficient (Wildman–Crippen LogP) is 1.28.